The van der Waals surface area contributed by atoms with Crippen LogP contribution in [0, 0.1) is 0 Å². The van der Waals surface area contributed by atoms with Gasteiger partial charge in [-0.2, -0.15) is 0 Å². The zero-order valence-electron chi connectivity index (χ0n) is 15.6. The quantitative estimate of drug-likeness (QED) is 0.592. The Morgan fingerprint density at radius 1 is 0.963 bits per heavy atom. The maximum absolute atomic E-state index is 12.7. The number of hydrogen-bond donors (Lipinski definition) is 1. The van der Waals surface area contributed by atoms with Gasteiger partial charge in [-0.05, 0) is 30.7 Å². The largest absolute Gasteiger partial charge is 0.492 e. The molecular weight excluding hydrogens is 342 g/mol. The van der Waals surface area contributed by atoms with E-state index in [1.54, 1.807) is 9.13 Å². The van der Waals surface area contributed by atoms with Crippen LogP contribution in [0.25, 0.3) is 11.0 Å². The number of benzene rings is 2. The van der Waals surface area contributed by atoms with Crippen molar-refractivity contribution in [2.24, 2.45) is 0 Å². The molecule has 0 saturated carbocycles. The summed E-state index contributed by atoms with van der Waals surface area (Å²) in [6, 6.07) is 17.2. The normalized spacial score (nSPS) is 10.9. The predicted molar refractivity (Wildman–Crippen MR) is 106 cm³/mol. The van der Waals surface area contributed by atoms with Gasteiger partial charge in [0.1, 0.15) is 12.4 Å². The van der Waals surface area contributed by atoms with E-state index in [1.165, 1.54) is 0 Å². The van der Waals surface area contributed by atoms with Gasteiger partial charge in [-0.25, -0.2) is 4.79 Å². The van der Waals surface area contributed by atoms with Gasteiger partial charge in [-0.3, -0.25) is 13.9 Å². The summed E-state index contributed by atoms with van der Waals surface area (Å²) in [4.78, 5) is 24.8. The van der Waals surface area contributed by atoms with Crippen LogP contribution in [0.15, 0.2) is 59.4 Å². The van der Waals surface area contributed by atoms with Crippen LogP contribution in [0.5, 0.6) is 5.75 Å². The third-order valence-electron chi connectivity index (χ3n) is 4.37. The Morgan fingerprint density at radius 3 is 2.26 bits per heavy atom. The number of nitrogens with one attached hydrogen (secondary N) is 1. The van der Waals surface area contributed by atoms with E-state index in [0.29, 0.717) is 26.2 Å². The molecule has 6 nitrogen and oxygen atoms in total. The van der Waals surface area contributed by atoms with Crippen molar-refractivity contribution >= 4 is 16.9 Å². The van der Waals surface area contributed by atoms with Gasteiger partial charge in [0, 0.05) is 19.5 Å². The second kappa shape index (κ2) is 9.07. The zero-order valence-corrected chi connectivity index (χ0v) is 15.6. The number of rotatable bonds is 9. The number of amides is 1. The van der Waals surface area contributed by atoms with Gasteiger partial charge in [0.2, 0.25) is 5.91 Å². The molecule has 1 N–H and O–H groups in total. The Hall–Kier alpha value is -3.02. The molecule has 0 atom stereocenters. The van der Waals surface area contributed by atoms with Crippen molar-refractivity contribution in [3.8, 4) is 5.75 Å². The molecule has 142 valence electrons. The number of carbonyl (C=O) groups excluding carboxylic acids is 1. The molecule has 0 radical (unpaired) electrons. The third-order valence-corrected chi connectivity index (χ3v) is 4.37. The lowest BCUT2D eigenvalue weighted by atomic mass is 10.3. The topological polar surface area (TPSA) is 65.3 Å². The number of aromatic nitrogens is 2. The molecule has 0 unspecified atom stereocenters. The second-order valence-corrected chi connectivity index (χ2v) is 6.34. The van der Waals surface area contributed by atoms with Crippen molar-refractivity contribution in [1.82, 2.24) is 14.5 Å². The fourth-order valence-corrected chi connectivity index (χ4v) is 3.11. The minimum absolute atomic E-state index is 0.0572. The first-order valence-electron chi connectivity index (χ1n) is 9.33. The lowest BCUT2D eigenvalue weighted by Gasteiger charge is -2.08. The number of aryl methyl sites for hydroxylation is 2. The van der Waals surface area contributed by atoms with Crippen LogP contribution >= 0.6 is 0 Å². The Labute approximate surface area is 158 Å². The molecule has 0 aliphatic rings. The summed E-state index contributed by atoms with van der Waals surface area (Å²) in [5.74, 6) is 0.688. The molecule has 0 saturated heterocycles. The summed E-state index contributed by atoms with van der Waals surface area (Å²) in [6.45, 7) is 3.92. The molecule has 27 heavy (non-hydrogen) atoms. The van der Waals surface area contributed by atoms with Gasteiger partial charge in [-0.15, -0.1) is 0 Å². The Morgan fingerprint density at radius 2 is 1.59 bits per heavy atom. The molecular formula is C21H25N3O3. The summed E-state index contributed by atoms with van der Waals surface area (Å²) >= 11 is 0. The van der Waals surface area contributed by atoms with Crippen molar-refractivity contribution in [3.63, 3.8) is 0 Å². The lowest BCUT2D eigenvalue weighted by Crippen LogP contribution is -2.31. The fourth-order valence-electron chi connectivity index (χ4n) is 3.11. The van der Waals surface area contributed by atoms with Crippen molar-refractivity contribution < 1.29 is 9.53 Å². The monoisotopic (exact) mass is 367 g/mol. The van der Waals surface area contributed by atoms with Crippen molar-refractivity contribution in [1.29, 1.82) is 0 Å². The number of para-hydroxylation sites is 3. The van der Waals surface area contributed by atoms with Gasteiger partial charge in [0.05, 0.1) is 17.6 Å². The third kappa shape index (κ3) is 4.58. The zero-order chi connectivity index (χ0) is 19.1. The number of carbonyl (C=O) groups is 1. The summed E-state index contributed by atoms with van der Waals surface area (Å²) < 4.78 is 9.02. The maximum Gasteiger partial charge on any atom is 0.329 e. The highest BCUT2D eigenvalue weighted by molar-refractivity contribution is 5.78. The van der Waals surface area contributed by atoms with Gasteiger partial charge in [-0.1, -0.05) is 37.3 Å². The summed E-state index contributed by atoms with van der Waals surface area (Å²) in [6.07, 6.45) is 1.14. The van der Waals surface area contributed by atoms with E-state index in [1.807, 2.05) is 61.5 Å². The number of hydrogen-bond acceptors (Lipinski definition) is 3. The average molecular weight is 367 g/mol. The average Bonchev–Trinajstić information content (AvgIpc) is 2.96. The first-order valence-corrected chi connectivity index (χ1v) is 9.33. The number of fused-ring (bicyclic) bond motifs is 1. The van der Waals surface area contributed by atoms with Crippen molar-refractivity contribution in [3.05, 3.63) is 65.1 Å². The molecule has 6 heteroatoms. The molecule has 0 aliphatic heterocycles. The molecule has 0 bridgehead atoms. The number of imidazole rings is 1. The van der Waals surface area contributed by atoms with Crippen LogP contribution in [0.3, 0.4) is 0 Å². The van der Waals surface area contributed by atoms with E-state index in [9.17, 15) is 9.59 Å². The molecule has 1 amide bonds. The van der Waals surface area contributed by atoms with E-state index in [4.69, 9.17) is 4.74 Å². The fraction of sp³-hybridized carbons (Fsp3) is 0.333. The first-order chi connectivity index (χ1) is 13.2. The predicted octanol–water partition coefficient (Wildman–Crippen LogP) is 2.80. The van der Waals surface area contributed by atoms with Gasteiger partial charge < -0.3 is 10.1 Å². The van der Waals surface area contributed by atoms with E-state index in [-0.39, 0.29) is 18.0 Å². The molecule has 3 rings (SSSR count). The van der Waals surface area contributed by atoms with Crippen LogP contribution in [0.2, 0.25) is 0 Å². The highest BCUT2D eigenvalue weighted by Crippen LogP contribution is 2.13. The summed E-state index contributed by atoms with van der Waals surface area (Å²) in [7, 11) is 0. The molecule has 0 fully saturated rings. The lowest BCUT2D eigenvalue weighted by molar-refractivity contribution is -0.121. The van der Waals surface area contributed by atoms with Crippen molar-refractivity contribution in [2.75, 3.05) is 13.2 Å². The molecule has 3 aromatic rings. The molecule has 1 aromatic heterocycles. The van der Waals surface area contributed by atoms with Crippen LogP contribution in [-0.2, 0) is 17.9 Å². The summed E-state index contributed by atoms with van der Waals surface area (Å²) in [5.41, 5.74) is 1.73. The number of ether oxygens (including phenoxy) is 1. The molecule has 2 aromatic carbocycles. The van der Waals surface area contributed by atoms with Crippen LogP contribution in [0.4, 0.5) is 0 Å². The smallest absolute Gasteiger partial charge is 0.329 e. The highest BCUT2D eigenvalue weighted by Gasteiger charge is 2.13. The molecule has 1 heterocycles. The first kappa shape index (κ1) is 18.8. The molecule has 0 spiro atoms. The minimum Gasteiger partial charge on any atom is -0.492 e. The highest BCUT2D eigenvalue weighted by atomic mass is 16.5. The maximum atomic E-state index is 12.7. The second-order valence-electron chi connectivity index (χ2n) is 6.34. The van der Waals surface area contributed by atoms with E-state index in [0.717, 1.165) is 23.2 Å². The van der Waals surface area contributed by atoms with E-state index < -0.39 is 0 Å². The minimum atomic E-state index is -0.0918. The Kier molecular flexibility index (Phi) is 6.30. The van der Waals surface area contributed by atoms with Gasteiger partial charge in [0.15, 0.2) is 0 Å². The van der Waals surface area contributed by atoms with Gasteiger partial charge >= 0.3 is 5.69 Å². The molecule has 0 aliphatic carbocycles. The van der Waals surface area contributed by atoms with Crippen LogP contribution < -0.4 is 15.7 Å². The Balaban J connectivity index is 1.54. The van der Waals surface area contributed by atoms with Crippen molar-refractivity contribution in [2.45, 2.75) is 32.9 Å². The SMILES string of the molecule is CCCn1c(=O)n(CCC(=O)NCCOc2ccccc2)c2ccccc21. The standard InChI is InChI=1S/C21H25N3O3/c1-2-14-23-18-10-6-7-11-19(18)24(21(23)26)15-12-20(25)22-13-16-27-17-8-4-3-5-9-17/h3-11H,2,12-16H2,1H3,(H,22,25). The van der Waals surface area contributed by atoms with E-state index >= 15 is 0 Å². The summed E-state index contributed by atoms with van der Waals surface area (Å²) in [5, 5.41) is 2.84. The van der Waals surface area contributed by atoms with Gasteiger partial charge in [0.25, 0.3) is 0 Å². The number of nitrogens with zero attached hydrogens (tertiary/aromatic N) is 2. The van der Waals surface area contributed by atoms with E-state index in [2.05, 4.69) is 5.32 Å². The van der Waals surface area contributed by atoms with Crippen LogP contribution in [0.1, 0.15) is 19.8 Å². The van der Waals surface area contributed by atoms with Crippen LogP contribution in [-0.4, -0.2) is 28.2 Å². The Bertz CT molecular complexity index is 944.